The molecule has 0 aliphatic heterocycles. The van der Waals surface area contributed by atoms with E-state index >= 15 is 0 Å². The molecule has 5 heteroatoms. The van der Waals surface area contributed by atoms with Gasteiger partial charge in [-0.25, -0.2) is 8.78 Å². The highest BCUT2D eigenvalue weighted by atomic mass is 19.1. The van der Waals surface area contributed by atoms with Crippen molar-refractivity contribution in [3.63, 3.8) is 0 Å². The molecule has 0 fully saturated rings. The predicted molar refractivity (Wildman–Crippen MR) is 70.3 cm³/mol. The molecule has 0 saturated carbocycles. The summed E-state index contributed by atoms with van der Waals surface area (Å²) in [6.45, 7) is 2.65. The number of nitrogens with two attached hydrogens (primary N) is 1. The first-order valence-corrected chi connectivity index (χ1v) is 6.43. The molecule has 1 amide bonds. The van der Waals surface area contributed by atoms with Crippen molar-refractivity contribution in [2.75, 3.05) is 6.54 Å². The van der Waals surface area contributed by atoms with Gasteiger partial charge in [-0.3, -0.25) is 4.79 Å². The lowest BCUT2D eigenvalue weighted by molar-refractivity contribution is -0.121. The summed E-state index contributed by atoms with van der Waals surface area (Å²) < 4.78 is 26.2. The van der Waals surface area contributed by atoms with Crippen molar-refractivity contribution < 1.29 is 13.6 Å². The van der Waals surface area contributed by atoms with E-state index in [0.29, 0.717) is 18.9 Å². The SMILES string of the molecule is CC(CCN)CCC(=O)NCc1cc(F)ccc1F. The molecule has 1 rings (SSSR count). The molecule has 0 radical (unpaired) electrons. The smallest absolute Gasteiger partial charge is 0.220 e. The summed E-state index contributed by atoms with van der Waals surface area (Å²) in [7, 11) is 0. The zero-order chi connectivity index (χ0) is 14.3. The van der Waals surface area contributed by atoms with Crippen molar-refractivity contribution >= 4 is 5.91 Å². The van der Waals surface area contributed by atoms with Crippen LogP contribution in [0.3, 0.4) is 0 Å². The molecule has 0 saturated heterocycles. The van der Waals surface area contributed by atoms with Gasteiger partial charge in [0.2, 0.25) is 5.91 Å². The van der Waals surface area contributed by atoms with E-state index in [1.165, 1.54) is 0 Å². The van der Waals surface area contributed by atoms with E-state index in [2.05, 4.69) is 5.32 Å². The Morgan fingerprint density at radius 2 is 2.11 bits per heavy atom. The van der Waals surface area contributed by atoms with Gasteiger partial charge in [0.05, 0.1) is 0 Å². The standard InChI is InChI=1S/C14H20F2N2O/c1-10(6-7-17)2-5-14(19)18-9-11-8-12(15)3-4-13(11)16/h3-4,8,10H,2,5-7,9,17H2,1H3,(H,18,19). The van der Waals surface area contributed by atoms with Crippen molar-refractivity contribution in [1.82, 2.24) is 5.32 Å². The van der Waals surface area contributed by atoms with Crippen LogP contribution in [0, 0.1) is 17.6 Å². The fraction of sp³-hybridized carbons (Fsp3) is 0.500. The van der Waals surface area contributed by atoms with Crippen LogP contribution in [-0.2, 0) is 11.3 Å². The van der Waals surface area contributed by atoms with Gasteiger partial charge in [0.1, 0.15) is 11.6 Å². The molecule has 0 aliphatic rings. The molecular weight excluding hydrogens is 250 g/mol. The normalized spacial score (nSPS) is 12.2. The summed E-state index contributed by atoms with van der Waals surface area (Å²) >= 11 is 0. The zero-order valence-electron chi connectivity index (χ0n) is 11.1. The molecule has 0 aliphatic carbocycles. The number of nitrogens with one attached hydrogen (secondary N) is 1. The van der Waals surface area contributed by atoms with E-state index in [1.807, 2.05) is 6.92 Å². The van der Waals surface area contributed by atoms with Crippen molar-refractivity contribution in [2.45, 2.75) is 32.7 Å². The van der Waals surface area contributed by atoms with Gasteiger partial charge in [0.25, 0.3) is 0 Å². The van der Waals surface area contributed by atoms with Crippen molar-refractivity contribution in [1.29, 1.82) is 0 Å². The molecule has 1 unspecified atom stereocenters. The molecule has 19 heavy (non-hydrogen) atoms. The number of carbonyl (C=O) groups excluding carboxylic acids is 1. The maximum absolute atomic E-state index is 13.3. The van der Waals surface area contributed by atoms with Gasteiger partial charge in [-0.05, 0) is 43.5 Å². The minimum Gasteiger partial charge on any atom is -0.352 e. The van der Waals surface area contributed by atoms with Gasteiger partial charge >= 0.3 is 0 Å². The summed E-state index contributed by atoms with van der Waals surface area (Å²) in [6.07, 6.45) is 2.00. The van der Waals surface area contributed by atoms with Gasteiger partial charge < -0.3 is 11.1 Å². The van der Waals surface area contributed by atoms with E-state index in [1.54, 1.807) is 0 Å². The van der Waals surface area contributed by atoms with Gasteiger partial charge in [0, 0.05) is 18.5 Å². The monoisotopic (exact) mass is 270 g/mol. The third-order valence-corrected chi connectivity index (χ3v) is 3.01. The highest BCUT2D eigenvalue weighted by molar-refractivity contribution is 5.75. The van der Waals surface area contributed by atoms with E-state index in [-0.39, 0.29) is 18.0 Å². The predicted octanol–water partition coefficient (Wildman–Crippen LogP) is 2.35. The first kappa shape index (κ1) is 15.6. The Morgan fingerprint density at radius 3 is 2.79 bits per heavy atom. The second-order valence-corrected chi connectivity index (χ2v) is 4.73. The molecule has 0 bridgehead atoms. The number of hydrogen-bond acceptors (Lipinski definition) is 2. The Labute approximate surface area is 112 Å². The fourth-order valence-corrected chi connectivity index (χ4v) is 1.77. The summed E-state index contributed by atoms with van der Waals surface area (Å²) in [4.78, 5) is 11.6. The van der Waals surface area contributed by atoms with Crippen LogP contribution in [0.5, 0.6) is 0 Å². The summed E-state index contributed by atoms with van der Waals surface area (Å²) in [5.41, 5.74) is 5.58. The summed E-state index contributed by atoms with van der Waals surface area (Å²) in [5, 5.41) is 2.59. The lowest BCUT2D eigenvalue weighted by atomic mass is 10.0. The van der Waals surface area contributed by atoms with Gasteiger partial charge in [-0.15, -0.1) is 0 Å². The molecule has 1 aromatic rings. The Morgan fingerprint density at radius 1 is 1.37 bits per heavy atom. The van der Waals surface area contributed by atoms with Crippen LogP contribution < -0.4 is 11.1 Å². The maximum atomic E-state index is 13.3. The number of halogens is 2. The second-order valence-electron chi connectivity index (χ2n) is 4.73. The quantitative estimate of drug-likeness (QED) is 0.799. The molecule has 0 spiro atoms. The highest BCUT2D eigenvalue weighted by Crippen LogP contribution is 2.11. The van der Waals surface area contributed by atoms with Crippen LogP contribution >= 0.6 is 0 Å². The third-order valence-electron chi connectivity index (χ3n) is 3.01. The number of benzene rings is 1. The number of carbonyl (C=O) groups is 1. The van der Waals surface area contributed by atoms with Crippen molar-refractivity contribution in [2.24, 2.45) is 11.7 Å². The molecule has 3 nitrogen and oxygen atoms in total. The van der Waals surface area contributed by atoms with E-state index < -0.39 is 11.6 Å². The second kappa shape index (κ2) is 7.84. The average molecular weight is 270 g/mol. The Kier molecular flexibility index (Phi) is 6.42. The summed E-state index contributed by atoms with van der Waals surface area (Å²) in [6, 6.07) is 3.20. The summed E-state index contributed by atoms with van der Waals surface area (Å²) in [5.74, 6) is -0.797. The molecule has 0 aromatic heterocycles. The maximum Gasteiger partial charge on any atom is 0.220 e. The van der Waals surface area contributed by atoms with E-state index in [9.17, 15) is 13.6 Å². The lowest BCUT2D eigenvalue weighted by Crippen LogP contribution is -2.23. The van der Waals surface area contributed by atoms with Gasteiger partial charge in [-0.2, -0.15) is 0 Å². The number of amides is 1. The number of hydrogen-bond donors (Lipinski definition) is 2. The Hall–Kier alpha value is -1.49. The average Bonchev–Trinajstić information content (AvgIpc) is 2.38. The molecule has 1 atom stereocenters. The Balaban J connectivity index is 2.35. The molecular formula is C14H20F2N2O. The molecule has 106 valence electrons. The minimum atomic E-state index is -0.516. The number of rotatable bonds is 7. The third kappa shape index (κ3) is 5.79. The van der Waals surface area contributed by atoms with E-state index in [0.717, 1.165) is 31.0 Å². The zero-order valence-corrected chi connectivity index (χ0v) is 11.1. The fourth-order valence-electron chi connectivity index (χ4n) is 1.77. The topological polar surface area (TPSA) is 55.1 Å². The molecule has 0 heterocycles. The largest absolute Gasteiger partial charge is 0.352 e. The van der Waals surface area contributed by atoms with Crippen LogP contribution in [0.4, 0.5) is 8.78 Å². The van der Waals surface area contributed by atoms with Crippen LogP contribution in [-0.4, -0.2) is 12.5 Å². The van der Waals surface area contributed by atoms with Crippen molar-refractivity contribution in [3.05, 3.63) is 35.4 Å². The van der Waals surface area contributed by atoms with E-state index in [4.69, 9.17) is 5.73 Å². The Bertz CT molecular complexity index is 424. The minimum absolute atomic E-state index is 0.00764. The van der Waals surface area contributed by atoms with Gasteiger partial charge in [-0.1, -0.05) is 6.92 Å². The first-order chi connectivity index (χ1) is 9.02. The lowest BCUT2D eigenvalue weighted by Gasteiger charge is -2.10. The molecule has 3 N–H and O–H groups in total. The van der Waals surface area contributed by atoms with Crippen LogP contribution in [0.15, 0.2) is 18.2 Å². The molecule has 1 aromatic carbocycles. The highest BCUT2D eigenvalue weighted by Gasteiger charge is 2.08. The van der Waals surface area contributed by atoms with Crippen LogP contribution in [0.1, 0.15) is 31.7 Å². The first-order valence-electron chi connectivity index (χ1n) is 6.43. The van der Waals surface area contributed by atoms with Gasteiger partial charge in [0.15, 0.2) is 0 Å². The van der Waals surface area contributed by atoms with Crippen molar-refractivity contribution in [3.8, 4) is 0 Å². The van der Waals surface area contributed by atoms with Crippen LogP contribution in [0.25, 0.3) is 0 Å². The van der Waals surface area contributed by atoms with Crippen LogP contribution in [0.2, 0.25) is 0 Å².